The monoisotopic (exact) mass is 320 g/mol. The van der Waals surface area contributed by atoms with Crippen LogP contribution in [0, 0.1) is 6.92 Å². The lowest BCUT2D eigenvalue weighted by molar-refractivity contribution is 0.0698. The smallest absolute Gasteiger partial charge is 0.337 e. The van der Waals surface area contributed by atoms with Crippen LogP contribution in [0.25, 0.3) is 0 Å². The number of carbonyl (C=O) groups is 1. The van der Waals surface area contributed by atoms with Crippen LogP contribution in [0.4, 0.5) is 17.1 Å². The van der Waals surface area contributed by atoms with Gasteiger partial charge in [-0.15, -0.1) is 0 Å². The SMILES string of the molecule is Cc1cccc(Nc2ccc(C(=O)O)c(N)c2)c1Br. The summed E-state index contributed by atoms with van der Waals surface area (Å²) in [5.74, 6) is -1.03. The van der Waals surface area contributed by atoms with Crippen LogP contribution in [0.3, 0.4) is 0 Å². The summed E-state index contributed by atoms with van der Waals surface area (Å²) in [4.78, 5) is 10.9. The van der Waals surface area contributed by atoms with Gasteiger partial charge in [0, 0.05) is 15.8 Å². The van der Waals surface area contributed by atoms with Gasteiger partial charge in [0.2, 0.25) is 0 Å². The van der Waals surface area contributed by atoms with E-state index in [1.54, 1.807) is 12.1 Å². The maximum absolute atomic E-state index is 10.9. The number of hydrogen-bond acceptors (Lipinski definition) is 3. The molecule has 0 saturated heterocycles. The van der Waals surface area contributed by atoms with E-state index in [4.69, 9.17) is 10.8 Å². The first-order chi connectivity index (χ1) is 8.99. The lowest BCUT2D eigenvalue weighted by Gasteiger charge is -2.11. The van der Waals surface area contributed by atoms with Crippen LogP contribution in [-0.4, -0.2) is 11.1 Å². The van der Waals surface area contributed by atoms with E-state index in [9.17, 15) is 4.79 Å². The van der Waals surface area contributed by atoms with Gasteiger partial charge in [-0.05, 0) is 52.7 Å². The second-order valence-corrected chi connectivity index (χ2v) is 4.96. The maximum Gasteiger partial charge on any atom is 0.337 e. The van der Waals surface area contributed by atoms with Gasteiger partial charge in [-0.3, -0.25) is 0 Å². The van der Waals surface area contributed by atoms with Crippen LogP contribution in [0.5, 0.6) is 0 Å². The lowest BCUT2D eigenvalue weighted by atomic mass is 10.1. The van der Waals surface area contributed by atoms with Crippen LogP contribution in [-0.2, 0) is 0 Å². The highest BCUT2D eigenvalue weighted by molar-refractivity contribution is 9.10. The molecule has 0 fully saturated rings. The van der Waals surface area contributed by atoms with Crippen molar-refractivity contribution in [3.8, 4) is 0 Å². The molecule has 0 spiro atoms. The maximum atomic E-state index is 10.9. The van der Waals surface area contributed by atoms with Crippen LogP contribution >= 0.6 is 15.9 Å². The molecule has 0 aliphatic heterocycles. The van der Waals surface area contributed by atoms with Gasteiger partial charge in [-0.25, -0.2) is 4.79 Å². The Bertz CT molecular complexity index is 641. The summed E-state index contributed by atoms with van der Waals surface area (Å²) in [6, 6.07) is 10.7. The summed E-state index contributed by atoms with van der Waals surface area (Å²) in [7, 11) is 0. The number of nitrogen functional groups attached to an aromatic ring is 1. The number of hydrogen-bond donors (Lipinski definition) is 3. The van der Waals surface area contributed by atoms with Crippen molar-refractivity contribution in [1.82, 2.24) is 0 Å². The zero-order valence-corrected chi connectivity index (χ0v) is 11.9. The molecule has 2 aromatic rings. The minimum Gasteiger partial charge on any atom is -0.478 e. The van der Waals surface area contributed by atoms with Crippen molar-refractivity contribution in [1.29, 1.82) is 0 Å². The molecular weight excluding hydrogens is 308 g/mol. The topological polar surface area (TPSA) is 75.3 Å². The van der Waals surface area contributed by atoms with E-state index in [0.717, 1.165) is 21.4 Å². The molecule has 0 amide bonds. The minimum absolute atomic E-state index is 0.105. The molecule has 0 saturated carbocycles. The van der Waals surface area contributed by atoms with Crippen LogP contribution in [0.1, 0.15) is 15.9 Å². The van der Waals surface area contributed by atoms with Gasteiger partial charge in [0.25, 0.3) is 0 Å². The first kappa shape index (κ1) is 13.4. The zero-order valence-electron chi connectivity index (χ0n) is 10.3. The summed E-state index contributed by atoms with van der Waals surface area (Å²) in [6.07, 6.45) is 0. The standard InChI is InChI=1S/C14H13BrN2O2/c1-8-3-2-4-12(13(8)15)17-9-5-6-10(14(18)19)11(16)7-9/h2-7,17H,16H2,1H3,(H,18,19). The summed E-state index contributed by atoms with van der Waals surface area (Å²) >= 11 is 3.51. The molecule has 0 heterocycles. The number of carboxylic acids is 1. The molecule has 0 bridgehead atoms. The molecule has 19 heavy (non-hydrogen) atoms. The van der Waals surface area contributed by atoms with Crippen molar-refractivity contribution < 1.29 is 9.90 Å². The average Bonchev–Trinajstić information content (AvgIpc) is 2.34. The number of benzene rings is 2. The fourth-order valence-corrected chi connectivity index (χ4v) is 2.10. The van der Waals surface area contributed by atoms with E-state index in [2.05, 4.69) is 21.2 Å². The normalized spacial score (nSPS) is 10.2. The highest BCUT2D eigenvalue weighted by atomic mass is 79.9. The van der Waals surface area contributed by atoms with E-state index >= 15 is 0 Å². The second kappa shape index (κ2) is 5.32. The van der Waals surface area contributed by atoms with Crippen LogP contribution < -0.4 is 11.1 Å². The number of aromatic carboxylic acids is 1. The van der Waals surface area contributed by atoms with Gasteiger partial charge >= 0.3 is 5.97 Å². The van der Waals surface area contributed by atoms with Gasteiger partial charge in [0.1, 0.15) is 0 Å². The number of aryl methyl sites for hydroxylation is 1. The van der Waals surface area contributed by atoms with Gasteiger partial charge in [0.05, 0.1) is 11.3 Å². The van der Waals surface area contributed by atoms with E-state index in [1.165, 1.54) is 6.07 Å². The molecule has 4 nitrogen and oxygen atoms in total. The third kappa shape index (κ3) is 2.88. The van der Waals surface area contributed by atoms with Crippen molar-refractivity contribution in [3.63, 3.8) is 0 Å². The van der Waals surface area contributed by atoms with Gasteiger partial charge in [0.15, 0.2) is 0 Å². The largest absolute Gasteiger partial charge is 0.478 e. The molecule has 4 N–H and O–H groups in total. The highest BCUT2D eigenvalue weighted by Crippen LogP contribution is 2.29. The quantitative estimate of drug-likeness (QED) is 0.752. The van der Waals surface area contributed by atoms with E-state index < -0.39 is 5.97 Å². The molecule has 0 aliphatic rings. The highest BCUT2D eigenvalue weighted by Gasteiger charge is 2.09. The Morgan fingerprint density at radius 3 is 2.68 bits per heavy atom. The second-order valence-electron chi connectivity index (χ2n) is 4.17. The van der Waals surface area contributed by atoms with Crippen LogP contribution in [0.15, 0.2) is 40.9 Å². The predicted molar refractivity (Wildman–Crippen MR) is 80.0 cm³/mol. The van der Waals surface area contributed by atoms with Crippen molar-refractivity contribution in [2.75, 3.05) is 11.1 Å². The van der Waals surface area contributed by atoms with Crippen molar-refractivity contribution in [2.45, 2.75) is 6.92 Å². The molecule has 98 valence electrons. The molecule has 0 aliphatic carbocycles. The van der Waals surface area contributed by atoms with E-state index in [0.29, 0.717) is 0 Å². The average molecular weight is 321 g/mol. The number of rotatable bonds is 3. The molecule has 0 atom stereocenters. The summed E-state index contributed by atoms with van der Waals surface area (Å²) in [5.41, 5.74) is 8.81. The predicted octanol–water partition coefficient (Wildman–Crippen LogP) is 3.78. The number of nitrogens with two attached hydrogens (primary N) is 1. The third-order valence-corrected chi connectivity index (χ3v) is 3.81. The summed E-state index contributed by atoms with van der Waals surface area (Å²) < 4.78 is 0.968. The first-order valence-corrected chi connectivity index (χ1v) is 6.43. The Balaban J connectivity index is 2.32. The number of anilines is 3. The molecule has 0 radical (unpaired) electrons. The number of carboxylic acid groups (broad SMARTS) is 1. The van der Waals surface area contributed by atoms with Gasteiger partial charge < -0.3 is 16.2 Å². The molecule has 5 heteroatoms. The Kier molecular flexibility index (Phi) is 3.76. The summed E-state index contributed by atoms with van der Waals surface area (Å²) in [5, 5.41) is 12.1. The minimum atomic E-state index is -1.03. The van der Waals surface area contributed by atoms with Crippen molar-refractivity contribution >= 4 is 39.0 Å². The Morgan fingerprint density at radius 1 is 1.32 bits per heavy atom. The summed E-state index contributed by atoms with van der Waals surface area (Å²) in [6.45, 7) is 2.00. The lowest BCUT2D eigenvalue weighted by Crippen LogP contribution is -2.03. The fourth-order valence-electron chi connectivity index (χ4n) is 1.73. The van der Waals surface area contributed by atoms with Gasteiger partial charge in [-0.2, -0.15) is 0 Å². The third-order valence-electron chi connectivity index (χ3n) is 2.75. The van der Waals surface area contributed by atoms with E-state index in [-0.39, 0.29) is 11.3 Å². The molecule has 0 aromatic heterocycles. The Morgan fingerprint density at radius 2 is 2.05 bits per heavy atom. The molecule has 0 unspecified atom stereocenters. The van der Waals surface area contributed by atoms with Crippen LogP contribution in [0.2, 0.25) is 0 Å². The van der Waals surface area contributed by atoms with Crippen molar-refractivity contribution in [2.24, 2.45) is 0 Å². The Labute approximate surface area is 119 Å². The van der Waals surface area contributed by atoms with Gasteiger partial charge in [-0.1, -0.05) is 12.1 Å². The van der Waals surface area contributed by atoms with E-state index in [1.807, 2.05) is 25.1 Å². The molecular formula is C14H13BrN2O2. The number of nitrogens with one attached hydrogen (secondary N) is 1. The fraction of sp³-hybridized carbons (Fsp3) is 0.0714. The first-order valence-electron chi connectivity index (χ1n) is 5.64. The Hall–Kier alpha value is -2.01. The zero-order chi connectivity index (χ0) is 14.0. The van der Waals surface area contributed by atoms with Crippen molar-refractivity contribution in [3.05, 3.63) is 52.0 Å². The molecule has 2 aromatic carbocycles. The number of halogens is 1. The molecule has 2 rings (SSSR count).